The van der Waals surface area contributed by atoms with E-state index in [1.165, 1.54) is 24.8 Å². The molecule has 1 amide bonds. The van der Waals surface area contributed by atoms with E-state index in [2.05, 4.69) is 34.9 Å². The second-order valence-electron chi connectivity index (χ2n) is 6.60. The summed E-state index contributed by atoms with van der Waals surface area (Å²) in [6.07, 6.45) is 6.45. The summed E-state index contributed by atoms with van der Waals surface area (Å²) in [6, 6.07) is 10.9. The molecule has 3 rings (SSSR count). The average molecular weight is 323 g/mol. The van der Waals surface area contributed by atoms with Gasteiger partial charge in [-0.2, -0.15) is 0 Å². The van der Waals surface area contributed by atoms with Gasteiger partial charge in [0.05, 0.1) is 0 Å². The van der Waals surface area contributed by atoms with Gasteiger partial charge in [-0.05, 0) is 62.6 Å². The van der Waals surface area contributed by atoms with Crippen LogP contribution in [0.2, 0.25) is 0 Å². The SMILES string of the molecule is Cl.O=C(CCC1CCNC1)NC(Cc1ccccc1)C1CC1. The molecule has 2 atom stereocenters. The minimum Gasteiger partial charge on any atom is -0.353 e. The molecule has 2 fully saturated rings. The van der Waals surface area contributed by atoms with Gasteiger partial charge in [0.25, 0.3) is 0 Å². The number of hydrogen-bond acceptors (Lipinski definition) is 2. The Balaban J connectivity index is 0.00000176. The molecule has 122 valence electrons. The molecule has 1 aliphatic heterocycles. The second-order valence-corrected chi connectivity index (χ2v) is 6.60. The standard InChI is InChI=1S/C18H26N2O.ClH/c21-18(9-6-15-10-11-19-13-15)20-17(16-7-8-16)12-14-4-2-1-3-5-14;/h1-5,15-17,19H,6-13H2,(H,20,21);1H. The Labute approximate surface area is 139 Å². The quantitative estimate of drug-likeness (QED) is 0.810. The summed E-state index contributed by atoms with van der Waals surface area (Å²) in [7, 11) is 0. The number of amides is 1. The molecule has 2 N–H and O–H groups in total. The third-order valence-corrected chi connectivity index (χ3v) is 4.78. The predicted octanol–water partition coefficient (Wildman–Crippen LogP) is 2.94. The highest BCUT2D eigenvalue weighted by molar-refractivity contribution is 5.85. The number of carbonyl (C=O) groups is 1. The molecular weight excluding hydrogens is 296 g/mol. The molecule has 0 spiro atoms. The van der Waals surface area contributed by atoms with E-state index >= 15 is 0 Å². The number of rotatable bonds is 7. The Morgan fingerprint density at radius 2 is 2.00 bits per heavy atom. The van der Waals surface area contributed by atoms with Gasteiger partial charge in [0.2, 0.25) is 5.91 Å². The molecule has 1 saturated carbocycles. The first-order valence-electron chi connectivity index (χ1n) is 8.35. The van der Waals surface area contributed by atoms with Crippen molar-refractivity contribution < 1.29 is 4.79 Å². The zero-order valence-corrected chi connectivity index (χ0v) is 13.9. The molecule has 0 aromatic heterocycles. The Bertz CT molecular complexity index is 455. The van der Waals surface area contributed by atoms with Crippen LogP contribution in [0.3, 0.4) is 0 Å². The lowest BCUT2D eigenvalue weighted by molar-refractivity contribution is -0.122. The Morgan fingerprint density at radius 1 is 1.23 bits per heavy atom. The van der Waals surface area contributed by atoms with E-state index in [0.717, 1.165) is 25.9 Å². The van der Waals surface area contributed by atoms with Gasteiger partial charge in [0.1, 0.15) is 0 Å². The molecule has 2 aliphatic rings. The van der Waals surface area contributed by atoms with Crippen molar-refractivity contribution in [3.05, 3.63) is 35.9 Å². The summed E-state index contributed by atoms with van der Waals surface area (Å²) in [5.74, 6) is 1.64. The van der Waals surface area contributed by atoms with E-state index in [9.17, 15) is 4.79 Å². The van der Waals surface area contributed by atoms with Gasteiger partial charge in [-0.15, -0.1) is 12.4 Å². The van der Waals surface area contributed by atoms with E-state index in [0.29, 0.717) is 24.3 Å². The highest BCUT2D eigenvalue weighted by Gasteiger charge is 2.32. The summed E-state index contributed by atoms with van der Waals surface area (Å²) in [5, 5.41) is 6.66. The number of hydrogen-bond donors (Lipinski definition) is 2. The predicted molar refractivity (Wildman–Crippen MR) is 92.3 cm³/mol. The lowest BCUT2D eigenvalue weighted by atomic mass is 10.00. The van der Waals surface area contributed by atoms with Gasteiger partial charge in [-0.1, -0.05) is 30.3 Å². The molecular formula is C18H27ClN2O. The molecule has 0 bridgehead atoms. The van der Waals surface area contributed by atoms with Gasteiger partial charge in [0.15, 0.2) is 0 Å². The van der Waals surface area contributed by atoms with E-state index < -0.39 is 0 Å². The fraction of sp³-hybridized carbons (Fsp3) is 0.611. The summed E-state index contributed by atoms with van der Waals surface area (Å²) in [5.41, 5.74) is 1.33. The number of benzene rings is 1. The van der Waals surface area contributed by atoms with Crippen molar-refractivity contribution in [2.75, 3.05) is 13.1 Å². The van der Waals surface area contributed by atoms with E-state index in [-0.39, 0.29) is 18.3 Å². The van der Waals surface area contributed by atoms with Crippen molar-refractivity contribution in [1.82, 2.24) is 10.6 Å². The first-order valence-corrected chi connectivity index (χ1v) is 8.35. The average Bonchev–Trinajstić information content (AvgIpc) is 3.22. The first-order chi connectivity index (χ1) is 10.3. The molecule has 22 heavy (non-hydrogen) atoms. The van der Waals surface area contributed by atoms with E-state index in [1.54, 1.807) is 0 Å². The third kappa shape index (κ3) is 5.29. The van der Waals surface area contributed by atoms with Crippen molar-refractivity contribution in [1.29, 1.82) is 0 Å². The zero-order chi connectivity index (χ0) is 14.5. The van der Waals surface area contributed by atoms with Crippen LogP contribution in [0.25, 0.3) is 0 Å². The van der Waals surface area contributed by atoms with Crippen molar-refractivity contribution >= 4 is 18.3 Å². The van der Waals surface area contributed by atoms with Crippen LogP contribution in [-0.4, -0.2) is 25.0 Å². The maximum atomic E-state index is 12.2. The summed E-state index contributed by atoms with van der Waals surface area (Å²) >= 11 is 0. The first kappa shape index (κ1) is 17.3. The topological polar surface area (TPSA) is 41.1 Å². The van der Waals surface area contributed by atoms with Crippen molar-refractivity contribution in [2.24, 2.45) is 11.8 Å². The molecule has 1 aromatic rings. The van der Waals surface area contributed by atoms with Crippen LogP contribution in [0.5, 0.6) is 0 Å². The lowest BCUT2D eigenvalue weighted by Crippen LogP contribution is -2.38. The van der Waals surface area contributed by atoms with Crippen molar-refractivity contribution in [2.45, 2.75) is 44.6 Å². The fourth-order valence-electron chi connectivity index (χ4n) is 3.28. The summed E-state index contributed by atoms with van der Waals surface area (Å²) in [6.45, 7) is 2.20. The Hall–Kier alpha value is -1.06. The third-order valence-electron chi connectivity index (χ3n) is 4.78. The van der Waals surface area contributed by atoms with Gasteiger partial charge < -0.3 is 10.6 Å². The molecule has 1 heterocycles. The molecule has 0 radical (unpaired) electrons. The zero-order valence-electron chi connectivity index (χ0n) is 13.1. The van der Waals surface area contributed by atoms with Crippen LogP contribution in [0.4, 0.5) is 0 Å². The molecule has 1 saturated heterocycles. The minimum atomic E-state index is 0. The van der Waals surface area contributed by atoms with Gasteiger partial charge in [0, 0.05) is 12.5 Å². The van der Waals surface area contributed by atoms with Crippen LogP contribution in [-0.2, 0) is 11.2 Å². The maximum absolute atomic E-state index is 12.2. The summed E-state index contributed by atoms with van der Waals surface area (Å²) in [4.78, 5) is 12.2. The van der Waals surface area contributed by atoms with E-state index in [4.69, 9.17) is 0 Å². The van der Waals surface area contributed by atoms with Gasteiger partial charge in [-0.3, -0.25) is 4.79 Å². The number of carbonyl (C=O) groups excluding carboxylic acids is 1. The van der Waals surface area contributed by atoms with Crippen LogP contribution >= 0.6 is 12.4 Å². The van der Waals surface area contributed by atoms with Gasteiger partial charge in [-0.25, -0.2) is 0 Å². The highest BCUT2D eigenvalue weighted by Crippen LogP contribution is 2.34. The largest absolute Gasteiger partial charge is 0.353 e. The molecule has 1 aliphatic carbocycles. The Morgan fingerprint density at radius 3 is 2.64 bits per heavy atom. The minimum absolute atomic E-state index is 0. The summed E-state index contributed by atoms with van der Waals surface area (Å²) < 4.78 is 0. The molecule has 2 unspecified atom stereocenters. The van der Waals surface area contributed by atoms with Crippen molar-refractivity contribution in [3.63, 3.8) is 0 Å². The lowest BCUT2D eigenvalue weighted by Gasteiger charge is -2.19. The van der Waals surface area contributed by atoms with Crippen LogP contribution in [0.1, 0.15) is 37.7 Å². The maximum Gasteiger partial charge on any atom is 0.220 e. The normalized spacial score (nSPS) is 21.9. The van der Waals surface area contributed by atoms with Crippen LogP contribution in [0, 0.1) is 11.8 Å². The van der Waals surface area contributed by atoms with Gasteiger partial charge >= 0.3 is 0 Å². The monoisotopic (exact) mass is 322 g/mol. The number of halogens is 1. The highest BCUT2D eigenvalue weighted by atomic mass is 35.5. The fourth-order valence-corrected chi connectivity index (χ4v) is 3.28. The van der Waals surface area contributed by atoms with Crippen LogP contribution < -0.4 is 10.6 Å². The number of nitrogens with one attached hydrogen (secondary N) is 2. The van der Waals surface area contributed by atoms with Crippen LogP contribution in [0.15, 0.2) is 30.3 Å². The molecule has 3 nitrogen and oxygen atoms in total. The van der Waals surface area contributed by atoms with Crippen molar-refractivity contribution in [3.8, 4) is 0 Å². The molecule has 4 heteroatoms. The molecule has 1 aromatic carbocycles. The smallest absolute Gasteiger partial charge is 0.220 e. The van der Waals surface area contributed by atoms with E-state index in [1.807, 2.05) is 6.07 Å². The Kier molecular flexibility index (Phi) is 6.71. The second kappa shape index (κ2) is 8.54.